The van der Waals surface area contributed by atoms with Crippen LogP contribution < -0.4 is 17.0 Å². The lowest BCUT2D eigenvalue weighted by Gasteiger charge is -2.16. The van der Waals surface area contributed by atoms with Gasteiger partial charge in [-0.3, -0.25) is 10.8 Å². The molecule has 2 aromatic heterocycles. The Kier molecular flexibility index (Phi) is 3.14. The van der Waals surface area contributed by atoms with Gasteiger partial charge in [0, 0.05) is 22.8 Å². The van der Waals surface area contributed by atoms with E-state index < -0.39 is 0 Å². The molecule has 0 aromatic carbocycles. The Hall–Kier alpha value is -1.50. The number of rotatable bonds is 3. The van der Waals surface area contributed by atoms with Crippen molar-refractivity contribution in [1.29, 1.82) is 0 Å². The molecule has 0 aliphatic heterocycles. The van der Waals surface area contributed by atoms with Crippen molar-refractivity contribution in [3.05, 3.63) is 40.0 Å². The first kappa shape index (κ1) is 11.0. The summed E-state index contributed by atoms with van der Waals surface area (Å²) < 4.78 is 0. The van der Waals surface area contributed by atoms with Crippen molar-refractivity contribution in [2.75, 3.05) is 5.73 Å². The summed E-state index contributed by atoms with van der Waals surface area (Å²) in [4.78, 5) is 9.17. The Bertz CT molecular complexity index is 468. The molecule has 0 amide bonds. The fourth-order valence-electron chi connectivity index (χ4n) is 1.53. The molecule has 1 atom stereocenters. The van der Waals surface area contributed by atoms with E-state index in [-0.39, 0.29) is 6.04 Å². The molecule has 0 saturated heterocycles. The first-order valence-corrected chi connectivity index (χ1v) is 5.67. The third-order valence-electron chi connectivity index (χ3n) is 2.30. The van der Waals surface area contributed by atoms with Crippen molar-refractivity contribution in [3.63, 3.8) is 0 Å². The van der Waals surface area contributed by atoms with E-state index in [1.165, 1.54) is 11.3 Å². The standard InChI is InChI=1S/C10H13N5S/c1-6-2-7(10(11)14-3-6)9(15-12)8-4-13-5-16-8/h2-5,9,15H,12H2,1H3,(H2,11,14). The molecule has 0 saturated carbocycles. The van der Waals surface area contributed by atoms with Crippen LogP contribution in [-0.2, 0) is 0 Å². The van der Waals surface area contributed by atoms with Gasteiger partial charge in [-0.05, 0) is 18.6 Å². The number of hydrogen-bond donors (Lipinski definition) is 3. The molecule has 5 nitrogen and oxygen atoms in total. The van der Waals surface area contributed by atoms with Gasteiger partial charge in [0.2, 0.25) is 0 Å². The number of anilines is 1. The molecular formula is C10H13N5S. The highest BCUT2D eigenvalue weighted by atomic mass is 32.1. The largest absolute Gasteiger partial charge is 0.383 e. The van der Waals surface area contributed by atoms with E-state index in [0.717, 1.165) is 16.0 Å². The summed E-state index contributed by atoms with van der Waals surface area (Å²) in [6, 6.07) is 1.83. The van der Waals surface area contributed by atoms with Gasteiger partial charge in [-0.25, -0.2) is 10.4 Å². The highest BCUT2D eigenvalue weighted by Crippen LogP contribution is 2.27. The van der Waals surface area contributed by atoms with Crippen LogP contribution in [-0.4, -0.2) is 9.97 Å². The maximum atomic E-state index is 5.85. The molecule has 0 fully saturated rings. The minimum Gasteiger partial charge on any atom is -0.383 e. The monoisotopic (exact) mass is 235 g/mol. The minimum atomic E-state index is -0.153. The lowest BCUT2D eigenvalue weighted by Crippen LogP contribution is -2.29. The number of aryl methyl sites for hydroxylation is 1. The number of nitrogens with one attached hydrogen (secondary N) is 1. The van der Waals surface area contributed by atoms with Crippen molar-refractivity contribution < 1.29 is 0 Å². The van der Waals surface area contributed by atoms with Gasteiger partial charge < -0.3 is 5.73 Å². The van der Waals surface area contributed by atoms with Gasteiger partial charge >= 0.3 is 0 Å². The van der Waals surface area contributed by atoms with Gasteiger partial charge in [-0.1, -0.05) is 0 Å². The van der Waals surface area contributed by atoms with Crippen molar-refractivity contribution in [2.24, 2.45) is 5.84 Å². The summed E-state index contributed by atoms with van der Waals surface area (Å²) in [7, 11) is 0. The Balaban J connectivity index is 2.44. The highest BCUT2D eigenvalue weighted by Gasteiger charge is 2.17. The second-order valence-electron chi connectivity index (χ2n) is 3.49. The number of thiazole rings is 1. The molecule has 0 bridgehead atoms. The molecule has 2 rings (SSSR count). The van der Waals surface area contributed by atoms with E-state index >= 15 is 0 Å². The van der Waals surface area contributed by atoms with E-state index in [4.69, 9.17) is 11.6 Å². The topological polar surface area (TPSA) is 89.8 Å². The van der Waals surface area contributed by atoms with Crippen LogP contribution >= 0.6 is 11.3 Å². The van der Waals surface area contributed by atoms with Gasteiger partial charge in [0.25, 0.3) is 0 Å². The predicted octanol–water partition coefficient (Wildman–Crippen LogP) is 0.981. The number of nitrogens with zero attached hydrogens (tertiary/aromatic N) is 2. The summed E-state index contributed by atoms with van der Waals surface area (Å²) in [5.74, 6) is 6.05. The second kappa shape index (κ2) is 4.56. The zero-order valence-corrected chi connectivity index (χ0v) is 9.66. The molecule has 6 heteroatoms. The minimum absolute atomic E-state index is 0.153. The van der Waals surface area contributed by atoms with Gasteiger partial charge in [0.05, 0.1) is 11.6 Å². The Labute approximate surface area is 97.5 Å². The summed E-state index contributed by atoms with van der Waals surface area (Å²) in [6.07, 6.45) is 3.51. The summed E-state index contributed by atoms with van der Waals surface area (Å²) in [5.41, 5.74) is 12.3. The predicted molar refractivity (Wildman–Crippen MR) is 64.7 cm³/mol. The SMILES string of the molecule is Cc1cnc(N)c(C(NN)c2cncs2)c1. The summed E-state index contributed by atoms with van der Waals surface area (Å²) >= 11 is 1.53. The van der Waals surface area contributed by atoms with E-state index in [1.54, 1.807) is 17.9 Å². The van der Waals surface area contributed by atoms with Crippen molar-refractivity contribution in [1.82, 2.24) is 15.4 Å². The molecule has 0 radical (unpaired) electrons. The molecule has 5 N–H and O–H groups in total. The lowest BCUT2D eigenvalue weighted by atomic mass is 10.1. The van der Waals surface area contributed by atoms with Gasteiger partial charge in [-0.15, -0.1) is 11.3 Å². The van der Waals surface area contributed by atoms with Crippen molar-refractivity contribution in [3.8, 4) is 0 Å². The zero-order valence-electron chi connectivity index (χ0n) is 8.84. The number of hydrazine groups is 1. The van der Waals surface area contributed by atoms with Gasteiger partial charge in [0.15, 0.2) is 0 Å². The number of nitrogens with two attached hydrogens (primary N) is 2. The number of pyridine rings is 1. The summed E-state index contributed by atoms with van der Waals surface area (Å²) in [5, 5.41) is 0. The fourth-order valence-corrected chi connectivity index (χ4v) is 2.22. The van der Waals surface area contributed by atoms with E-state index in [1.807, 2.05) is 13.0 Å². The van der Waals surface area contributed by atoms with E-state index in [2.05, 4.69) is 15.4 Å². The van der Waals surface area contributed by atoms with Crippen LogP contribution in [0.2, 0.25) is 0 Å². The fraction of sp³-hybridized carbons (Fsp3) is 0.200. The molecule has 2 aromatic rings. The van der Waals surface area contributed by atoms with Crippen molar-refractivity contribution >= 4 is 17.2 Å². The third kappa shape index (κ3) is 2.04. The first-order chi connectivity index (χ1) is 7.72. The molecular weight excluding hydrogens is 222 g/mol. The normalized spacial score (nSPS) is 12.6. The van der Waals surface area contributed by atoms with Crippen molar-refractivity contribution in [2.45, 2.75) is 13.0 Å². The van der Waals surface area contributed by atoms with Crippen LogP contribution in [0.3, 0.4) is 0 Å². The van der Waals surface area contributed by atoms with Crippen LogP contribution in [0.25, 0.3) is 0 Å². The van der Waals surface area contributed by atoms with Crippen LogP contribution in [0.5, 0.6) is 0 Å². The number of aromatic nitrogens is 2. The van der Waals surface area contributed by atoms with Crippen LogP contribution in [0.1, 0.15) is 22.0 Å². The first-order valence-electron chi connectivity index (χ1n) is 4.79. The smallest absolute Gasteiger partial charge is 0.128 e. The number of hydrogen-bond acceptors (Lipinski definition) is 6. The Morgan fingerprint density at radius 2 is 2.25 bits per heavy atom. The molecule has 0 aliphatic carbocycles. The number of nitrogen functional groups attached to an aromatic ring is 1. The molecule has 0 aliphatic rings. The van der Waals surface area contributed by atoms with Crippen LogP contribution in [0.4, 0.5) is 5.82 Å². The lowest BCUT2D eigenvalue weighted by molar-refractivity contribution is 0.644. The summed E-state index contributed by atoms with van der Waals surface area (Å²) in [6.45, 7) is 1.97. The van der Waals surface area contributed by atoms with Gasteiger partial charge in [-0.2, -0.15) is 0 Å². The van der Waals surface area contributed by atoms with E-state index in [0.29, 0.717) is 5.82 Å². The molecule has 2 heterocycles. The molecule has 84 valence electrons. The molecule has 1 unspecified atom stereocenters. The molecule has 16 heavy (non-hydrogen) atoms. The van der Waals surface area contributed by atoms with Crippen LogP contribution in [0.15, 0.2) is 24.0 Å². The third-order valence-corrected chi connectivity index (χ3v) is 3.14. The average molecular weight is 235 g/mol. The van der Waals surface area contributed by atoms with Crippen LogP contribution in [0, 0.1) is 6.92 Å². The molecule has 0 spiro atoms. The zero-order chi connectivity index (χ0) is 11.5. The Morgan fingerprint density at radius 1 is 1.44 bits per heavy atom. The van der Waals surface area contributed by atoms with Gasteiger partial charge in [0.1, 0.15) is 5.82 Å². The quantitative estimate of drug-likeness (QED) is 0.545. The maximum absolute atomic E-state index is 5.85. The Morgan fingerprint density at radius 3 is 2.88 bits per heavy atom. The van der Waals surface area contributed by atoms with E-state index in [9.17, 15) is 0 Å². The highest BCUT2D eigenvalue weighted by molar-refractivity contribution is 7.09. The average Bonchev–Trinajstić information content (AvgIpc) is 2.78. The maximum Gasteiger partial charge on any atom is 0.128 e. The second-order valence-corrected chi connectivity index (χ2v) is 4.41.